The van der Waals surface area contributed by atoms with Gasteiger partial charge in [-0.2, -0.15) is 0 Å². The van der Waals surface area contributed by atoms with Crippen molar-refractivity contribution in [3.05, 3.63) is 12.2 Å². The van der Waals surface area contributed by atoms with E-state index in [-0.39, 0.29) is 0 Å². The number of hydrogen-bond donors (Lipinski definition) is 0. The van der Waals surface area contributed by atoms with Crippen LogP contribution in [0.2, 0.25) is 0 Å². The topological polar surface area (TPSA) is 0 Å². The number of hydrogen-bond acceptors (Lipinski definition) is 0. The van der Waals surface area contributed by atoms with Crippen LogP contribution in [0.3, 0.4) is 0 Å². The van der Waals surface area contributed by atoms with Crippen LogP contribution in [0.25, 0.3) is 0 Å². The SMILES string of the molecule is CC/[C]=C\CCCCCCCCCCCCCCCC. The molecular formula is C20H39. The summed E-state index contributed by atoms with van der Waals surface area (Å²) >= 11 is 0. The fourth-order valence-corrected chi connectivity index (χ4v) is 2.69. The molecule has 0 unspecified atom stereocenters. The van der Waals surface area contributed by atoms with Crippen molar-refractivity contribution in [1.29, 1.82) is 0 Å². The van der Waals surface area contributed by atoms with Crippen molar-refractivity contribution in [2.75, 3.05) is 0 Å². The molecule has 0 amide bonds. The maximum Gasteiger partial charge on any atom is -0.0308 e. The molecule has 20 heavy (non-hydrogen) atoms. The molecule has 0 heterocycles. The van der Waals surface area contributed by atoms with Gasteiger partial charge in [-0.3, -0.25) is 0 Å². The van der Waals surface area contributed by atoms with Gasteiger partial charge >= 0.3 is 0 Å². The Morgan fingerprint density at radius 1 is 0.550 bits per heavy atom. The van der Waals surface area contributed by atoms with Gasteiger partial charge in [0.25, 0.3) is 0 Å². The maximum atomic E-state index is 3.27. The largest absolute Gasteiger partial charge is 0.0811 e. The van der Waals surface area contributed by atoms with Crippen LogP contribution in [-0.4, -0.2) is 0 Å². The van der Waals surface area contributed by atoms with Crippen molar-refractivity contribution in [1.82, 2.24) is 0 Å². The second-order valence-electron chi connectivity index (χ2n) is 6.15. The van der Waals surface area contributed by atoms with Crippen LogP contribution >= 0.6 is 0 Å². The number of rotatable bonds is 16. The van der Waals surface area contributed by atoms with Crippen molar-refractivity contribution in [2.24, 2.45) is 0 Å². The third-order valence-corrected chi connectivity index (χ3v) is 4.05. The van der Waals surface area contributed by atoms with Crippen LogP contribution in [0, 0.1) is 6.08 Å². The van der Waals surface area contributed by atoms with Crippen LogP contribution in [0.1, 0.15) is 117 Å². The standard InChI is InChI=1S/C20H39/c1-3-5-7-9-11-13-15-17-19-20-18-16-14-12-10-8-6-4-2/h8H,3-5,7,9-20H2,1-2H3. The first kappa shape index (κ1) is 19.7. The molecule has 0 saturated heterocycles. The summed E-state index contributed by atoms with van der Waals surface area (Å²) in [6.07, 6.45) is 28.1. The summed E-state index contributed by atoms with van der Waals surface area (Å²) in [6.45, 7) is 4.45. The van der Waals surface area contributed by atoms with Gasteiger partial charge in [0.15, 0.2) is 0 Å². The molecule has 0 aliphatic heterocycles. The molecule has 0 fully saturated rings. The summed E-state index contributed by atoms with van der Waals surface area (Å²) in [5.74, 6) is 0. The van der Waals surface area contributed by atoms with E-state index in [0.29, 0.717) is 0 Å². The summed E-state index contributed by atoms with van der Waals surface area (Å²) in [5, 5.41) is 0. The van der Waals surface area contributed by atoms with Crippen molar-refractivity contribution < 1.29 is 0 Å². The fraction of sp³-hybridized carbons (Fsp3) is 0.900. The molecule has 0 aromatic heterocycles. The van der Waals surface area contributed by atoms with Gasteiger partial charge in [0, 0.05) is 0 Å². The predicted molar refractivity (Wildman–Crippen MR) is 93.0 cm³/mol. The average molecular weight is 280 g/mol. The zero-order valence-electron chi connectivity index (χ0n) is 14.4. The minimum Gasteiger partial charge on any atom is -0.0811 e. The first-order valence-electron chi connectivity index (χ1n) is 9.46. The van der Waals surface area contributed by atoms with Crippen molar-refractivity contribution in [2.45, 2.75) is 117 Å². The Hall–Kier alpha value is -0.260. The molecule has 1 radical (unpaired) electrons. The van der Waals surface area contributed by atoms with Crippen LogP contribution in [0.15, 0.2) is 6.08 Å². The van der Waals surface area contributed by atoms with E-state index in [0.717, 1.165) is 6.42 Å². The summed E-state index contributed by atoms with van der Waals surface area (Å²) in [6, 6.07) is 0. The molecule has 0 atom stereocenters. The van der Waals surface area contributed by atoms with E-state index in [1.807, 2.05) is 0 Å². The second-order valence-corrected chi connectivity index (χ2v) is 6.15. The normalized spacial score (nSPS) is 11.5. The monoisotopic (exact) mass is 279 g/mol. The van der Waals surface area contributed by atoms with Crippen LogP contribution in [-0.2, 0) is 0 Å². The highest BCUT2D eigenvalue weighted by Gasteiger charge is 1.93. The van der Waals surface area contributed by atoms with E-state index in [4.69, 9.17) is 0 Å². The summed E-state index contributed by atoms with van der Waals surface area (Å²) < 4.78 is 0. The third kappa shape index (κ3) is 17.7. The lowest BCUT2D eigenvalue weighted by Crippen LogP contribution is -1.83. The van der Waals surface area contributed by atoms with E-state index in [2.05, 4.69) is 26.0 Å². The van der Waals surface area contributed by atoms with Crippen molar-refractivity contribution in [3.63, 3.8) is 0 Å². The Balaban J connectivity index is 2.94. The van der Waals surface area contributed by atoms with E-state index in [1.54, 1.807) is 0 Å². The van der Waals surface area contributed by atoms with Gasteiger partial charge in [-0.1, -0.05) is 103 Å². The van der Waals surface area contributed by atoms with Gasteiger partial charge in [0.05, 0.1) is 0 Å². The van der Waals surface area contributed by atoms with Crippen molar-refractivity contribution in [3.8, 4) is 0 Å². The number of allylic oxidation sites excluding steroid dienone is 2. The molecule has 0 aliphatic carbocycles. The first-order valence-corrected chi connectivity index (χ1v) is 9.46. The smallest absolute Gasteiger partial charge is 0.0308 e. The first-order chi connectivity index (χ1) is 9.91. The molecule has 0 spiro atoms. The van der Waals surface area contributed by atoms with Crippen LogP contribution < -0.4 is 0 Å². The molecule has 0 nitrogen and oxygen atoms in total. The highest BCUT2D eigenvalue weighted by atomic mass is 14.0. The molecule has 0 aliphatic rings. The minimum atomic E-state index is 1.07. The van der Waals surface area contributed by atoms with Gasteiger partial charge in [0.1, 0.15) is 0 Å². The second kappa shape index (κ2) is 18.7. The number of unbranched alkanes of at least 4 members (excludes halogenated alkanes) is 14. The van der Waals surface area contributed by atoms with Gasteiger partial charge in [0.2, 0.25) is 0 Å². The van der Waals surface area contributed by atoms with Gasteiger partial charge in [-0.25, -0.2) is 0 Å². The zero-order valence-corrected chi connectivity index (χ0v) is 14.4. The molecule has 119 valence electrons. The van der Waals surface area contributed by atoms with E-state index >= 15 is 0 Å². The van der Waals surface area contributed by atoms with Gasteiger partial charge in [-0.15, -0.1) is 0 Å². The summed E-state index contributed by atoms with van der Waals surface area (Å²) in [5.41, 5.74) is 0. The quantitative estimate of drug-likeness (QED) is 0.255. The molecule has 0 aromatic carbocycles. The van der Waals surface area contributed by atoms with E-state index in [9.17, 15) is 0 Å². The highest BCUT2D eigenvalue weighted by molar-refractivity contribution is 4.71. The molecular weight excluding hydrogens is 240 g/mol. The zero-order chi connectivity index (χ0) is 14.7. The Kier molecular flexibility index (Phi) is 18.5. The minimum absolute atomic E-state index is 1.07. The lowest BCUT2D eigenvalue weighted by molar-refractivity contribution is 0.536. The van der Waals surface area contributed by atoms with E-state index < -0.39 is 0 Å². The average Bonchev–Trinajstić information content (AvgIpc) is 2.47. The Morgan fingerprint density at radius 2 is 0.950 bits per heavy atom. The van der Waals surface area contributed by atoms with E-state index in [1.165, 1.54) is 96.3 Å². The molecule has 0 saturated carbocycles. The molecule has 0 heteroatoms. The molecule has 0 rings (SSSR count). The van der Waals surface area contributed by atoms with Crippen LogP contribution in [0.4, 0.5) is 0 Å². The van der Waals surface area contributed by atoms with Gasteiger partial charge < -0.3 is 0 Å². The molecule has 0 aromatic rings. The maximum absolute atomic E-state index is 3.27. The Labute approximate surface area is 129 Å². The lowest BCUT2D eigenvalue weighted by atomic mass is 10.0. The Bertz CT molecular complexity index is 180. The summed E-state index contributed by atoms with van der Waals surface area (Å²) in [4.78, 5) is 0. The molecule has 0 bridgehead atoms. The lowest BCUT2D eigenvalue weighted by Gasteiger charge is -2.02. The van der Waals surface area contributed by atoms with Gasteiger partial charge in [-0.05, 0) is 25.3 Å². The van der Waals surface area contributed by atoms with Crippen molar-refractivity contribution >= 4 is 0 Å². The summed E-state index contributed by atoms with van der Waals surface area (Å²) in [7, 11) is 0. The Morgan fingerprint density at radius 3 is 1.35 bits per heavy atom. The fourth-order valence-electron chi connectivity index (χ4n) is 2.69. The molecule has 0 N–H and O–H groups in total. The highest BCUT2D eigenvalue weighted by Crippen LogP contribution is 2.13. The van der Waals surface area contributed by atoms with Crippen LogP contribution in [0.5, 0.6) is 0 Å². The third-order valence-electron chi connectivity index (χ3n) is 4.05. The predicted octanol–water partition coefficient (Wildman–Crippen LogP) is 7.63.